The smallest absolute Gasteiger partial charge is 0.169 e. The van der Waals surface area contributed by atoms with E-state index in [-0.39, 0.29) is 0 Å². The molecule has 1 unspecified atom stereocenters. The monoisotopic (exact) mass is 108 g/mol. The van der Waals surface area contributed by atoms with Crippen molar-refractivity contribution in [1.82, 2.24) is 0 Å². The van der Waals surface area contributed by atoms with Gasteiger partial charge in [-0.1, -0.05) is 5.16 Å². The van der Waals surface area contributed by atoms with Crippen molar-refractivity contribution in [2.75, 3.05) is 0 Å². The molecule has 0 N–H and O–H groups in total. The van der Waals surface area contributed by atoms with Crippen LogP contribution in [-0.4, -0.2) is 15.5 Å². The van der Waals surface area contributed by atoms with Crippen LogP contribution in [0.25, 0.3) is 0 Å². The van der Waals surface area contributed by atoms with Crippen LogP contribution < -0.4 is 0 Å². The Labute approximate surface area is 37.3 Å². The summed E-state index contributed by atoms with van der Waals surface area (Å²) in [6, 6.07) is 0. The van der Waals surface area contributed by atoms with Gasteiger partial charge in [0.15, 0.2) is 11.4 Å². The first-order valence-electron chi connectivity index (χ1n) is 0.999. The summed E-state index contributed by atoms with van der Waals surface area (Å²) in [6.07, 6.45) is 0. The molecule has 0 bridgehead atoms. The number of hydrogen-bond donors (Lipinski definition) is 0. The summed E-state index contributed by atoms with van der Waals surface area (Å²) in [5, 5.41) is 2.57. The SMILES string of the molecule is C=NOS(=O)[O-]. The Morgan fingerprint density at radius 3 is 2.50 bits per heavy atom. The van der Waals surface area contributed by atoms with Crippen LogP contribution in [0.3, 0.4) is 0 Å². The summed E-state index contributed by atoms with van der Waals surface area (Å²) in [6.45, 7) is 2.74. The predicted molar refractivity (Wildman–Crippen MR) is 19.6 cm³/mol. The van der Waals surface area contributed by atoms with Crippen LogP contribution in [0.4, 0.5) is 0 Å². The zero-order valence-corrected chi connectivity index (χ0v) is 3.60. The summed E-state index contributed by atoms with van der Waals surface area (Å²) in [5.41, 5.74) is 0. The molecule has 0 aliphatic heterocycles. The van der Waals surface area contributed by atoms with Gasteiger partial charge in [0, 0.05) is 6.72 Å². The van der Waals surface area contributed by atoms with Crippen LogP contribution >= 0.6 is 0 Å². The molecule has 0 radical (unpaired) electrons. The minimum Gasteiger partial charge on any atom is -0.738 e. The van der Waals surface area contributed by atoms with Gasteiger partial charge in [-0.3, -0.25) is 0 Å². The fraction of sp³-hybridized carbons (Fsp3) is 0. The molecule has 0 aromatic heterocycles. The Morgan fingerprint density at radius 1 is 2.00 bits per heavy atom. The van der Waals surface area contributed by atoms with Crippen molar-refractivity contribution in [3.8, 4) is 0 Å². The Balaban J connectivity index is 3.05. The third-order valence-corrected chi connectivity index (χ3v) is 0.341. The van der Waals surface area contributed by atoms with Gasteiger partial charge in [0.2, 0.25) is 0 Å². The number of oxime groups is 1. The normalized spacial score (nSPS) is 12.8. The van der Waals surface area contributed by atoms with E-state index in [0.717, 1.165) is 0 Å². The quantitative estimate of drug-likeness (QED) is 0.270. The molecule has 1 atom stereocenters. The molecule has 5 heteroatoms. The molecule has 0 saturated carbocycles. The van der Waals surface area contributed by atoms with Crippen LogP contribution in [-0.2, 0) is 15.6 Å². The van der Waals surface area contributed by atoms with E-state index in [2.05, 4.69) is 16.2 Å². The molecular formula is CH2NO3S-. The zero-order valence-electron chi connectivity index (χ0n) is 2.79. The summed E-state index contributed by atoms with van der Waals surface area (Å²) in [4.78, 5) is 0. The third kappa shape index (κ3) is 3.58. The first-order chi connectivity index (χ1) is 2.77. The number of rotatable bonds is 2. The lowest BCUT2D eigenvalue weighted by atomic mass is 11.8. The van der Waals surface area contributed by atoms with E-state index in [9.17, 15) is 8.76 Å². The Bertz CT molecular complexity index is 71.2. The maximum absolute atomic E-state index is 9.24. The molecular weight excluding hydrogens is 106 g/mol. The van der Waals surface area contributed by atoms with Gasteiger partial charge < -0.3 is 8.84 Å². The minimum absolute atomic E-state index is 2.54. The molecule has 0 fully saturated rings. The van der Waals surface area contributed by atoms with Crippen LogP contribution in [0.5, 0.6) is 0 Å². The van der Waals surface area contributed by atoms with Gasteiger partial charge in [0.05, 0.1) is 0 Å². The van der Waals surface area contributed by atoms with Gasteiger partial charge in [0.25, 0.3) is 0 Å². The van der Waals surface area contributed by atoms with Gasteiger partial charge in [0.1, 0.15) is 0 Å². The van der Waals surface area contributed by atoms with Crippen molar-refractivity contribution in [2.24, 2.45) is 5.16 Å². The molecule has 6 heavy (non-hydrogen) atoms. The maximum Gasteiger partial charge on any atom is 0.169 e. The fourth-order valence-corrected chi connectivity index (χ4v) is 0.129. The van der Waals surface area contributed by atoms with Gasteiger partial charge in [-0.05, 0) is 0 Å². The Kier molecular flexibility index (Phi) is 2.60. The average molecular weight is 108 g/mol. The standard InChI is InChI=1S/CH3NO3S/c1-2-5-6(3)4/h1H2,(H,3,4)/p-1. The van der Waals surface area contributed by atoms with Crippen molar-refractivity contribution in [3.63, 3.8) is 0 Å². The minimum atomic E-state index is -2.54. The lowest BCUT2D eigenvalue weighted by Gasteiger charge is -1.94. The summed E-state index contributed by atoms with van der Waals surface area (Å²) in [7, 11) is 0. The highest BCUT2D eigenvalue weighted by atomic mass is 32.2. The van der Waals surface area contributed by atoms with E-state index < -0.39 is 11.4 Å². The van der Waals surface area contributed by atoms with Crippen LogP contribution in [0, 0.1) is 0 Å². The Hall–Kier alpha value is -0.420. The maximum atomic E-state index is 9.24. The molecule has 0 amide bonds. The highest BCUT2D eigenvalue weighted by Gasteiger charge is 1.65. The van der Waals surface area contributed by atoms with E-state index in [1.54, 1.807) is 0 Å². The molecule has 0 saturated heterocycles. The first-order valence-corrected chi connectivity index (χ1v) is 2.00. The van der Waals surface area contributed by atoms with Crippen LogP contribution in [0.2, 0.25) is 0 Å². The van der Waals surface area contributed by atoms with Crippen molar-refractivity contribution >= 4 is 18.1 Å². The molecule has 0 spiro atoms. The molecule has 0 heterocycles. The van der Waals surface area contributed by atoms with E-state index in [4.69, 9.17) is 0 Å². The van der Waals surface area contributed by atoms with Gasteiger partial charge in [-0.15, -0.1) is 0 Å². The van der Waals surface area contributed by atoms with Crippen LogP contribution in [0.15, 0.2) is 5.16 Å². The molecule has 0 aromatic rings. The second-order valence-electron chi connectivity index (χ2n) is 0.408. The predicted octanol–water partition coefficient (Wildman–Crippen LogP) is -0.587. The van der Waals surface area contributed by atoms with Gasteiger partial charge in [-0.25, -0.2) is 4.21 Å². The van der Waals surface area contributed by atoms with Crippen molar-refractivity contribution in [1.29, 1.82) is 0 Å². The van der Waals surface area contributed by atoms with E-state index in [1.807, 2.05) is 0 Å². The van der Waals surface area contributed by atoms with Gasteiger partial charge in [-0.2, -0.15) is 0 Å². The number of nitrogens with zero attached hydrogens (tertiary/aromatic N) is 1. The third-order valence-electron chi connectivity index (χ3n) is 0.114. The summed E-state index contributed by atoms with van der Waals surface area (Å²) < 4.78 is 22.0. The summed E-state index contributed by atoms with van der Waals surface area (Å²) >= 11 is -2.54. The molecule has 36 valence electrons. The fourth-order valence-electron chi connectivity index (χ4n) is 0.0430. The van der Waals surface area contributed by atoms with Crippen molar-refractivity contribution in [3.05, 3.63) is 0 Å². The zero-order chi connectivity index (χ0) is 4.99. The molecule has 0 rings (SSSR count). The molecule has 0 aliphatic rings. The molecule has 0 aromatic carbocycles. The second-order valence-corrected chi connectivity index (χ2v) is 0.965. The van der Waals surface area contributed by atoms with Crippen molar-refractivity contribution in [2.45, 2.75) is 0 Å². The lowest BCUT2D eigenvalue weighted by molar-refractivity contribution is 0.321. The van der Waals surface area contributed by atoms with E-state index in [0.29, 0.717) is 0 Å². The van der Waals surface area contributed by atoms with Crippen LogP contribution in [0.1, 0.15) is 0 Å². The van der Waals surface area contributed by atoms with E-state index in [1.165, 1.54) is 0 Å². The topological polar surface area (TPSA) is 61.7 Å². The Morgan fingerprint density at radius 2 is 2.50 bits per heavy atom. The average Bonchev–Trinajstić information content (AvgIpc) is 1.35. The molecule has 0 aliphatic carbocycles. The second kappa shape index (κ2) is 2.80. The summed E-state index contributed by atoms with van der Waals surface area (Å²) in [5.74, 6) is 0. The van der Waals surface area contributed by atoms with Crippen molar-refractivity contribution < 1.29 is 13.0 Å². The highest BCUT2D eigenvalue weighted by molar-refractivity contribution is 7.74. The lowest BCUT2D eigenvalue weighted by Crippen LogP contribution is -1.84. The van der Waals surface area contributed by atoms with Gasteiger partial charge >= 0.3 is 0 Å². The first kappa shape index (κ1) is 5.58. The van der Waals surface area contributed by atoms with E-state index >= 15 is 0 Å². The molecule has 4 nitrogen and oxygen atoms in total. The highest BCUT2D eigenvalue weighted by Crippen LogP contribution is 1.72. The number of hydrogen-bond acceptors (Lipinski definition) is 4. The largest absolute Gasteiger partial charge is 0.738 e.